The molecule has 0 amide bonds. The highest BCUT2D eigenvalue weighted by Gasteiger charge is 2.28. The maximum Gasteiger partial charge on any atom is 0.273 e. The molecule has 0 spiro atoms. The van der Waals surface area contributed by atoms with Crippen LogP contribution in [0.2, 0.25) is 0 Å². The van der Waals surface area contributed by atoms with Crippen LogP contribution in [0.4, 0.5) is 17.1 Å². The van der Waals surface area contributed by atoms with Crippen molar-refractivity contribution in [2.75, 3.05) is 17.2 Å². The van der Waals surface area contributed by atoms with Crippen molar-refractivity contribution in [1.82, 2.24) is 0 Å². The minimum absolute atomic E-state index is 0.131. The molecule has 1 saturated carbocycles. The van der Waals surface area contributed by atoms with Crippen molar-refractivity contribution in [1.29, 1.82) is 0 Å². The van der Waals surface area contributed by atoms with E-state index in [9.17, 15) is 10.1 Å². The summed E-state index contributed by atoms with van der Waals surface area (Å²) in [6, 6.07) is 5.56. The highest BCUT2D eigenvalue weighted by molar-refractivity contribution is 5.63. The van der Waals surface area contributed by atoms with E-state index < -0.39 is 0 Å². The van der Waals surface area contributed by atoms with Gasteiger partial charge in [0.15, 0.2) is 0 Å². The first-order valence-electron chi connectivity index (χ1n) is 7.69. The topological polar surface area (TPSA) is 67.2 Å². The van der Waals surface area contributed by atoms with Gasteiger partial charge in [-0.05, 0) is 37.7 Å². The smallest absolute Gasteiger partial charge is 0.273 e. The number of benzene rings is 1. The summed E-state index contributed by atoms with van der Waals surface area (Å²) in [5, 5.41) is 17.7. The Hall–Kier alpha value is -1.78. The van der Waals surface area contributed by atoms with Gasteiger partial charge < -0.3 is 10.6 Å². The second kappa shape index (κ2) is 6.33. The SMILES string of the molecule is CCNc1cc(NC2CCCC(C)(C)C2)cc([N+](=O)[O-])c1. The van der Waals surface area contributed by atoms with Crippen molar-refractivity contribution in [3.63, 3.8) is 0 Å². The van der Waals surface area contributed by atoms with E-state index in [1.165, 1.54) is 12.8 Å². The molecular weight excluding hydrogens is 266 g/mol. The molecule has 0 bridgehead atoms. The van der Waals surface area contributed by atoms with Crippen LogP contribution in [0.5, 0.6) is 0 Å². The highest BCUT2D eigenvalue weighted by Crippen LogP contribution is 2.37. The number of nitro groups is 1. The summed E-state index contributed by atoms with van der Waals surface area (Å²) in [6.45, 7) is 7.31. The van der Waals surface area contributed by atoms with Crippen LogP contribution in [0.15, 0.2) is 18.2 Å². The molecule has 1 aliphatic carbocycles. The number of nitrogens with zero attached hydrogens (tertiary/aromatic N) is 1. The molecule has 1 aliphatic rings. The third-order valence-electron chi connectivity index (χ3n) is 4.09. The lowest BCUT2D eigenvalue weighted by Crippen LogP contribution is -2.31. The first-order valence-corrected chi connectivity index (χ1v) is 7.69. The van der Waals surface area contributed by atoms with Crippen LogP contribution in [-0.2, 0) is 0 Å². The van der Waals surface area contributed by atoms with E-state index >= 15 is 0 Å². The average Bonchev–Trinajstić information content (AvgIpc) is 2.37. The maximum atomic E-state index is 11.1. The Morgan fingerprint density at radius 3 is 2.67 bits per heavy atom. The average molecular weight is 291 g/mol. The zero-order valence-corrected chi connectivity index (χ0v) is 13.1. The summed E-state index contributed by atoms with van der Waals surface area (Å²) < 4.78 is 0. The first-order chi connectivity index (χ1) is 9.89. The summed E-state index contributed by atoms with van der Waals surface area (Å²) in [5.74, 6) is 0. The van der Waals surface area contributed by atoms with Crippen molar-refractivity contribution >= 4 is 17.1 Å². The molecule has 2 rings (SSSR count). The van der Waals surface area contributed by atoms with Crippen LogP contribution in [0, 0.1) is 15.5 Å². The van der Waals surface area contributed by atoms with Gasteiger partial charge in [0.05, 0.1) is 4.92 Å². The van der Waals surface area contributed by atoms with Gasteiger partial charge in [-0.25, -0.2) is 0 Å². The molecule has 0 radical (unpaired) electrons. The summed E-state index contributed by atoms with van der Waals surface area (Å²) in [4.78, 5) is 10.7. The molecule has 5 heteroatoms. The van der Waals surface area contributed by atoms with Gasteiger partial charge in [-0.1, -0.05) is 20.3 Å². The predicted molar refractivity (Wildman–Crippen MR) is 86.9 cm³/mol. The fourth-order valence-electron chi connectivity index (χ4n) is 3.16. The molecule has 116 valence electrons. The lowest BCUT2D eigenvalue weighted by atomic mass is 9.75. The van der Waals surface area contributed by atoms with Gasteiger partial charge >= 0.3 is 0 Å². The normalized spacial score (nSPS) is 20.8. The number of anilines is 2. The van der Waals surface area contributed by atoms with E-state index in [-0.39, 0.29) is 10.6 Å². The first kappa shape index (κ1) is 15.6. The van der Waals surface area contributed by atoms with Crippen LogP contribution >= 0.6 is 0 Å². The van der Waals surface area contributed by atoms with E-state index in [1.807, 2.05) is 13.0 Å². The van der Waals surface area contributed by atoms with Gasteiger partial charge in [-0.15, -0.1) is 0 Å². The van der Waals surface area contributed by atoms with Crippen molar-refractivity contribution in [3.05, 3.63) is 28.3 Å². The quantitative estimate of drug-likeness (QED) is 0.623. The third-order valence-corrected chi connectivity index (χ3v) is 4.09. The standard InChI is InChI=1S/C16H25N3O2/c1-4-17-13-8-14(10-15(9-13)19(20)21)18-12-6-5-7-16(2,3)11-12/h8-10,12,17-18H,4-7,11H2,1-3H3. The molecule has 0 aliphatic heterocycles. The van der Waals surface area contributed by atoms with Crippen LogP contribution in [0.3, 0.4) is 0 Å². The zero-order valence-electron chi connectivity index (χ0n) is 13.1. The molecular formula is C16H25N3O2. The van der Waals surface area contributed by atoms with Crippen LogP contribution in [0.25, 0.3) is 0 Å². The lowest BCUT2D eigenvalue weighted by Gasteiger charge is -2.36. The predicted octanol–water partition coefficient (Wildman–Crippen LogP) is 4.41. The maximum absolute atomic E-state index is 11.1. The Balaban J connectivity index is 2.16. The second-order valence-electron chi connectivity index (χ2n) is 6.66. The summed E-state index contributed by atoms with van der Waals surface area (Å²) >= 11 is 0. The van der Waals surface area contributed by atoms with Crippen molar-refractivity contribution < 1.29 is 4.92 Å². The summed E-state index contributed by atoms with van der Waals surface area (Å²) in [5.41, 5.74) is 2.11. The van der Waals surface area contributed by atoms with Gasteiger partial charge in [-0.2, -0.15) is 0 Å². The van der Waals surface area contributed by atoms with E-state index in [4.69, 9.17) is 0 Å². The van der Waals surface area contributed by atoms with Gasteiger partial charge in [0.25, 0.3) is 5.69 Å². The van der Waals surface area contributed by atoms with Gasteiger partial charge in [0, 0.05) is 36.1 Å². The Morgan fingerprint density at radius 1 is 1.33 bits per heavy atom. The Kier molecular flexibility index (Phi) is 4.70. The van der Waals surface area contributed by atoms with E-state index in [0.29, 0.717) is 11.5 Å². The van der Waals surface area contributed by atoms with Crippen LogP contribution < -0.4 is 10.6 Å². The summed E-state index contributed by atoms with van der Waals surface area (Å²) in [7, 11) is 0. The monoisotopic (exact) mass is 291 g/mol. The minimum atomic E-state index is -0.336. The van der Waals surface area contributed by atoms with Gasteiger partial charge in [0.1, 0.15) is 0 Å². The Morgan fingerprint density at radius 2 is 2.05 bits per heavy atom. The molecule has 1 aromatic carbocycles. The highest BCUT2D eigenvalue weighted by atomic mass is 16.6. The zero-order chi connectivity index (χ0) is 15.5. The molecule has 5 nitrogen and oxygen atoms in total. The van der Waals surface area contributed by atoms with Gasteiger partial charge in [-0.3, -0.25) is 10.1 Å². The number of hydrogen-bond acceptors (Lipinski definition) is 4. The number of non-ortho nitro benzene ring substituents is 1. The lowest BCUT2D eigenvalue weighted by molar-refractivity contribution is -0.384. The second-order valence-corrected chi connectivity index (χ2v) is 6.66. The van der Waals surface area contributed by atoms with E-state index in [1.54, 1.807) is 12.1 Å². The number of nitro benzene ring substituents is 1. The molecule has 1 unspecified atom stereocenters. The van der Waals surface area contributed by atoms with Crippen molar-refractivity contribution in [3.8, 4) is 0 Å². The Bertz CT molecular complexity index is 514. The molecule has 1 atom stereocenters. The number of rotatable bonds is 5. The van der Waals surface area contributed by atoms with Crippen molar-refractivity contribution in [2.45, 2.75) is 52.5 Å². The minimum Gasteiger partial charge on any atom is -0.385 e. The molecule has 0 aromatic heterocycles. The molecule has 0 heterocycles. The third kappa shape index (κ3) is 4.34. The molecule has 0 saturated heterocycles. The fraction of sp³-hybridized carbons (Fsp3) is 0.625. The van der Waals surface area contributed by atoms with Crippen molar-refractivity contribution in [2.24, 2.45) is 5.41 Å². The molecule has 1 fully saturated rings. The summed E-state index contributed by atoms with van der Waals surface area (Å²) in [6.07, 6.45) is 4.69. The molecule has 21 heavy (non-hydrogen) atoms. The molecule has 2 N–H and O–H groups in total. The molecule has 1 aromatic rings. The number of nitrogens with one attached hydrogen (secondary N) is 2. The fourth-order valence-corrected chi connectivity index (χ4v) is 3.16. The van der Waals surface area contributed by atoms with Gasteiger partial charge in [0.2, 0.25) is 0 Å². The Labute approximate surface area is 126 Å². The number of hydrogen-bond donors (Lipinski definition) is 2. The van der Waals surface area contributed by atoms with Crippen LogP contribution in [-0.4, -0.2) is 17.5 Å². The van der Waals surface area contributed by atoms with E-state index in [2.05, 4.69) is 24.5 Å². The van der Waals surface area contributed by atoms with E-state index in [0.717, 1.165) is 30.8 Å². The largest absolute Gasteiger partial charge is 0.385 e. The van der Waals surface area contributed by atoms with Crippen LogP contribution in [0.1, 0.15) is 46.5 Å².